The van der Waals surface area contributed by atoms with Crippen LogP contribution in [0.2, 0.25) is 0 Å². The number of nitrogens with zero attached hydrogens (tertiary/aromatic N) is 2. The van der Waals surface area contributed by atoms with Gasteiger partial charge in [0.25, 0.3) is 21.6 Å². The van der Waals surface area contributed by atoms with Gasteiger partial charge in [-0.2, -0.15) is 8.42 Å². The average molecular weight is 448 g/mol. The first kappa shape index (κ1) is 22.0. The van der Waals surface area contributed by atoms with Crippen molar-refractivity contribution in [1.82, 2.24) is 14.8 Å². The summed E-state index contributed by atoms with van der Waals surface area (Å²) in [6.45, 7) is 4.16. The summed E-state index contributed by atoms with van der Waals surface area (Å²) in [5, 5.41) is 3.90. The maximum absolute atomic E-state index is 13.1. The lowest BCUT2D eigenvalue weighted by Crippen LogP contribution is -2.51. The number of fused-ring (bicyclic) bond motifs is 3. The summed E-state index contributed by atoms with van der Waals surface area (Å²) in [7, 11) is -3.99. The Bertz CT molecular complexity index is 1140. The summed E-state index contributed by atoms with van der Waals surface area (Å²) in [6, 6.07) is 9.44. The van der Waals surface area contributed by atoms with E-state index in [1.165, 1.54) is 0 Å². The van der Waals surface area contributed by atoms with Crippen LogP contribution in [-0.2, 0) is 10.1 Å². The lowest BCUT2D eigenvalue weighted by molar-refractivity contribution is 0.0856. The quantitative estimate of drug-likeness (QED) is 0.657. The largest absolute Gasteiger partial charge is 0.349 e. The highest BCUT2D eigenvalue weighted by Gasteiger charge is 2.41. The van der Waals surface area contributed by atoms with Crippen molar-refractivity contribution in [2.24, 2.45) is 0 Å². The molecule has 8 nitrogen and oxygen atoms in total. The van der Waals surface area contributed by atoms with E-state index in [4.69, 9.17) is 4.55 Å². The second-order valence-corrected chi connectivity index (χ2v) is 10.5. The third-order valence-electron chi connectivity index (χ3n) is 6.53. The summed E-state index contributed by atoms with van der Waals surface area (Å²) < 4.78 is 32.9. The second-order valence-electron chi connectivity index (χ2n) is 8.94. The maximum atomic E-state index is 13.1. The van der Waals surface area contributed by atoms with Gasteiger partial charge in [-0.1, -0.05) is 18.2 Å². The minimum absolute atomic E-state index is 0.0645. The number of nitrogens with one attached hydrogen (secondary N) is 1. The van der Waals surface area contributed by atoms with Gasteiger partial charge in [-0.15, -0.1) is 0 Å². The topological polar surface area (TPSA) is 109 Å². The molecule has 1 aromatic carbocycles. The van der Waals surface area contributed by atoms with Gasteiger partial charge in [0.2, 0.25) is 0 Å². The molecule has 2 aromatic rings. The van der Waals surface area contributed by atoms with Gasteiger partial charge in [0, 0.05) is 30.7 Å². The zero-order valence-corrected chi connectivity index (χ0v) is 18.6. The molecule has 9 heteroatoms. The SMILES string of the molecule is CC(C)n1c(=O)c(C(=O)NC2C[C@H]3CC[C@@H](C2)N3CCS(=O)(=O)O)cc2ccccc21. The molecule has 2 saturated heterocycles. The Labute approximate surface area is 182 Å². The van der Waals surface area contributed by atoms with Gasteiger partial charge in [-0.05, 0) is 57.0 Å². The fraction of sp³-hybridized carbons (Fsp3) is 0.545. The van der Waals surface area contributed by atoms with Crippen molar-refractivity contribution in [3.05, 3.63) is 46.2 Å². The Balaban J connectivity index is 1.52. The molecule has 4 rings (SSSR count). The molecule has 0 saturated carbocycles. The van der Waals surface area contributed by atoms with E-state index >= 15 is 0 Å². The summed E-state index contributed by atoms with van der Waals surface area (Å²) in [5.74, 6) is -0.635. The molecule has 3 heterocycles. The minimum atomic E-state index is -3.99. The van der Waals surface area contributed by atoms with Gasteiger partial charge in [0.15, 0.2) is 0 Å². The Morgan fingerprint density at radius 1 is 1.19 bits per heavy atom. The molecule has 2 aliphatic heterocycles. The number of aromatic nitrogens is 1. The molecule has 2 bridgehead atoms. The summed E-state index contributed by atoms with van der Waals surface area (Å²) >= 11 is 0. The molecule has 0 aliphatic carbocycles. The highest BCUT2D eigenvalue weighted by Crippen LogP contribution is 2.35. The Morgan fingerprint density at radius 2 is 1.84 bits per heavy atom. The predicted molar refractivity (Wildman–Crippen MR) is 119 cm³/mol. The molecule has 168 valence electrons. The fourth-order valence-electron chi connectivity index (χ4n) is 5.20. The van der Waals surface area contributed by atoms with Crippen LogP contribution in [0.3, 0.4) is 0 Å². The van der Waals surface area contributed by atoms with Crippen LogP contribution in [0, 0.1) is 0 Å². The van der Waals surface area contributed by atoms with Crippen LogP contribution in [0.15, 0.2) is 35.1 Å². The second kappa shape index (κ2) is 8.37. The predicted octanol–water partition coefficient (Wildman–Crippen LogP) is 2.20. The minimum Gasteiger partial charge on any atom is -0.349 e. The van der Waals surface area contributed by atoms with Gasteiger partial charge in [0.05, 0.1) is 11.3 Å². The van der Waals surface area contributed by atoms with Gasteiger partial charge < -0.3 is 9.88 Å². The third kappa shape index (κ3) is 4.53. The zero-order valence-electron chi connectivity index (χ0n) is 17.8. The molecule has 3 atom stereocenters. The standard InChI is InChI=1S/C22H29N3O5S/c1-14(2)25-20-6-4-3-5-15(20)11-19(22(25)27)21(26)23-16-12-17-7-8-18(13-16)24(17)9-10-31(28,29)30/h3-6,11,14,16-18H,7-10,12-13H2,1-2H3,(H,23,26)(H,28,29,30)/t16?,17-,18+. The number of hydrogen-bond acceptors (Lipinski definition) is 5. The smallest absolute Gasteiger partial charge is 0.266 e. The van der Waals surface area contributed by atoms with Crippen molar-refractivity contribution in [3.8, 4) is 0 Å². The average Bonchev–Trinajstić information content (AvgIpc) is 2.93. The van der Waals surface area contributed by atoms with E-state index in [1.54, 1.807) is 10.6 Å². The summed E-state index contributed by atoms with van der Waals surface area (Å²) in [4.78, 5) is 28.3. The lowest BCUT2D eigenvalue weighted by atomic mass is 9.97. The Morgan fingerprint density at radius 3 is 2.45 bits per heavy atom. The van der Waals surface area contributed by atoms with Crippen LogP contribution in [0.25, 0.3) is 10.9 Å². The molecule has 2 fully saturated rings. The molecule has 0 spiro atoms. The third-order valence-corrected chi connectivity index (χ3v) is 7.23. The number of para-hydroxylation sites is 1. The number of benzene rings is 1. The lowest BCUT2D eigenvalue weighted by Gasteiger charge is -2.39. The van der Waals surface area contributed by atoms with E-state index in [2.05, 4.69) is 10.2 Å². The van der Waals surface area contributed by atoms with Gasteiger partial charge in [0.1, 0.15) is 5.56 Å². The molecule has 0 radical (unpaired) electrons. The molecule has 31 heavy (non-hydrogen) atoms. The van der Waals surface area contributed by atoms with E-state index in [-0.39, 0.29) is 47.0 Å². The van der Waals surface area contributed by atoms with E-state index in [0.717, 1.165) is 23.7 Å². The fourth-order valence-corrected chi connectivity index (χ4v) is 5.64. The monoisotopic (exact) mass is 447 g/mol. The zero-order chi connectivity index (χ0) is 22.3. The van der Waals surface area contributed by atoms with Gasteiger partial charge >= 0.3 is 0 Å². The van der Waals surface area contributed by atoms with Crippen LogP contribution >= 0.6 is 0 Å². The number of hydrogen-bond donors (Lipinski definition) is 2. The summed E-state index contributed by atoms with van der Waals surface area (Å²) in [6.07, 6.45) is 3.30. The first-order valence-corrected chi connectivity index (χ1v) is 12.4. The van der Waals surface area contributed by atoms with Crippen molar-refractivity contribution in [3.63, 3.8) is 0 Å². The first-order chi connectivity index (χ1) is 14.6. The molecule has 2 aliphatic rings. The van der Waals surface area contributed by atoms with Crippen LogP contribution < -0.4 is 10.9 Å². The maximum Gasteiger partial charge on any atom is 0.266 e. The number of carbonyl (C=O) groups excluding carboxylic acids is 1. The van der Waals surface area contributed by atoms with Crippen molar-refractivity contribution in [2.75, 3.05) is 12.3 Å². The van der Waals surface area contributed by atoms with Crippen molar-refractivity contribution < 1.29 is 17.8 Å². The van der Waals surface area contributed by atoms with Gasteiger partial charge in [-0.3, -0.25) is 19.0 Å². The van der Waals surface area contributed by atoms with E-state index in [1.807, 2.05) is 38.1 Å². The number of pyridine rings is 1. The van der Waals surface area contributed by atoms with Crippen LogP contribution in [0.5, 0.6) is 0 Å². The molecule has 1 amide bonds. The van der Waals surface area contributed by atoms with Crippen LogP contribution in [0.4, 0.5) is 0 Å². The highest BCUT2D eigenvalue weighted by molar-refractivity contribution is 7.85. The number of carbonyl (C=O) groups is 1. The molecule has 2 N–H and O–H groups in total. The van der Waals surface area contributed by atoms with Crippen molar-refractivity contribution in [2.45, 2.75) is 63.7 Å². The molecular formula is C22H29N3O5S. The first-order valence-electron chi connectivity index (χ1n) is 10.8. The molecule has 1 aromatic heterocycles. The number of piperidine rings is 1. The highest BCUT2D eigenvalue weighted by atomic mass is 32.2. The van der Waals surface area contributed by atoms with Crippen LogP contribution in [0.1, 0.15) is 55.9 Å². The normalized spacial score (nSPS) is 24.1. The van der Waals surface area contributed by atoms with E-state index in [9.17, 15) is 18.0 Å². The Hall–Kier alpha value is -2.23. The Kier molecular flexibility index (Phi) is 5.93. The molecular weight excluding hydrogens is 418 g/mol. The number of amides is 1. The van der Waals surface area contributed by atoms with E-state index < -0.39 is 10.1 Å². The van der Waals surface area contributed by atoms with Crippen molar-refractivity contribution >= 4 is 26.9 Å². The van der Waals surface area contributed by atoms with Crippen LogP contribution in [-0.4, -0.2) is 58.8 Å². The number of rotatable bonds is 6. The van der Waals surface area contributed by atoms with Crippen molar-refractivity contribution in [1.29, 1.82) is 0 Å². The van der Waals surface area contributed by atoms with E-state index in [0.29, 0.717) is 19.4 Å². The van der Waals surface area contributed by atoms with Gasteiger partial charge in [-0.25, -0.2) is 0 Å². The summed E-state index contributed by atoms with van der Waals surface area (Å²) in [5.41, 5.74) is 0.664. The molecule has 1 unspecified atom stereocenters.